The van der Waals surface area contributed by atoms with Crippen LogP contribution < -0.4 is 10.1 Å². The molecule has 0 radical (unpaired) electrons. The summed E-state index contributed by atoms with van der Waals surface area (Å²) in [5.74, 6) is -0.0725. The number of nitro benzene ring substituents is 1. The van der Waals surface area contributed by atoms with Gasteiger partial charge in [0.2, 0.25) is 0 Å². The molecule has 0 unspecified atom stereocenters. The summed E-state index contributed by atoms with van der Waals surface area (Å²) in [5.41, 5.74) is 0.796. The summed E-state index contributed by atoms with van der Waals surface area (Å²) < 4.78 is 5.14. The van der Waals surface area contributed by atoms with Crippen LogP contribution in [0.1, 0.15) is 10.4 Å². The van der Waals surface area contributed by atoms with Gasteiger partial charge in [0.1, 0.15) is 5.75 Å². The smallest absolute Gasteiger partial charge is 0.273 e. The van der Waals surface area contributed by atoms with Crippen LogP contribution >= 0.6 is 0 Å². The Bertz CT molecular complexity index is 932. The van der Waals surface area contributed by atoms with Crippen LogP contribution in [0.5, 0.6) is 5.75 Å². The van der Waals surface area contributed by atoms with E-state index in [1.165, 1.54) is 25.3 Å². The molecule has 0 heterocycles. The molecule has 1 N–H and O–H groups in total. The molecule has 6 heteroatoms. The Balaban J connectivity index is 1.96. The number of benzene rings is 3. The monoisotopic (exact) mass is 322 g/mol. The number of carbonyl (C=O) groups is 1. The van der Waals surface area contributed by atoms with Gasteiger partial charge in [-0.1, -0.05) is 36.4 Å². The first-order valence-electron chi connectivity index (χ1n) is 7.21. The molecule has 0 atom stereocenters. The van der Waals surface area contributed by atoms with Crippen molar-refractivity contribution in [3.63, 3.8) is 0 Å². The molecule has 0 aliphatic carbocycles. The maximum Gasteiger partial charge on any atom is 0.273 e. The number of methoxy groups -OCH3 is 1. The van der Waals surface area contributed by atoms with Crippen molar-refractivity contribution in [1.29, 1.82) is 0 Å². The summed E-state index contributed by atoms with van der Waals surface area (Å²) in [5, 5.41) is 15.4. The summed E-state index contributed by atoms with van der Waals surface area (Å²) in [4.78, 5) is 22.9. The quantitative estimate of drug-likeness (QED) is 0.581. The highest BCUT2D eigenvalue weighted by Gasteiger charge is 2.15. The fourth-order valence-electron chi connectivity index (χ4n) is 2.51. The van der Waals surface area contributed by atoms with Gasteiger partial charge in [-0.2, -0.15) is 0 Å². The van der Waals surface area contributed by atoms with E-state index in [0.29, 0.717) is 11.3 Å². The van der Waals surface area contributed by atoms with Crippen molar-refractivity contribution in [2.75, 3.05) is 12.4 Å². The molecule has 0 aliphatic heterocycles. The number of non-ortho nitro benzene ring substituents is 1. The lowest BCUT2D eigenvalue weighted by molar-refractivity contribution is -0.384. The largest absolute Gasteiger partial charge is 0.494 e. The molecule has 0 fully saturated rings. The number of ether oxygens (including phenoxy) is 1. The number of amides is 1. The number of fused-ring (bicyclic) bond motifs is 1. The van der Waals surface area contributed by atoms with Gasteiger partial charge in [-0.25, -0.2) is 0 Å². The zero-order chi connectivity index (χ0) is 17.1. The van der Waals surface area contributed by atoms with Crippen LogP contribution in [-0.4, -0.2) is 17.9 Å². The Hall–Kier alpha value is -3.41. The van der Waals surface area contributed by atoms with Crippen molar-refractivity contribution in [2.45, 2.75) is 0 Å². The van der Waals surface area contributed by atoms with Crippen LogP contribution in [0.4, 0.5) is 11.4 Å². The van der Waals surface area contributed by atoms with Crippen molar-refractivity contribution in [2.24, 2.45) is 0 Å². The summed E-state index contributed by atoms with van der Waals surface area (Å²) in [6, 6.07) is 17.1. The maximum atomic E-state index is 12.6. The minimum absolute atomic E-state index is 0.102. The summed E-state index contributed by atoms with van der Waals surface area (Å²) in [7, 11) is 1.40. The first kappa shape index (κ1) is 15.5. The predicted octanol–water partition coefficient (Wildman–Crippen LogP) is 4.01. The highest BCUT2D eigenvalue weighted by Crippen LogP contribution is 2.30. The Kier molecular flexibility index (Phi) is 4.11. The highest BCUT2D eigenvalue weighted by molar-refractivity contribution is 6.13. The third-order valence-electron chi connectivity index (χ3n) is 3.68. The number of carbonyl (C=O) groups excluding carboxylic acids is 1. The molecule has 0 spiro atoms. The minimum atomic E-state index is -0.515. The van der Waals surface area contributed by atoms with Gasteiger partial charge in [-0.05, 0) is 22.9 Å². The molecular weight excluding hydrogens is 308 g/mol. The van der Waals surface area contributed by atoms with Crippen molar-refractivity contribution in [3.8, 4) is 5.75 Å². The predicted molar refractivity (Wildman–Crippen MR) is 91.5 cm³/mol. The summed E-state index contributed by atoms with van der Waals surface area (Å²) >= 11 is 0. The maximum absolute atomic E-state index is 12.6. The molecule has 0 saturated carbocycles. The van der Waals surface area contributed by atoms with E-state index in [-0.39, 0.29) is 17.3 Å². The first-order valence-corrected chi connectivity index (χ1v) is 7.21. The van der Waals surface area contributed by atoms with E-state index in [0.717, 1.165) is 10.8 Å². The van der Waals surface area contributed by atoms with E-state index in [2.05, 4.69) is 5.32 Å². The van der Waals surface area contributed by atoms with Gasteiger partial charge < -0.3 is 10.1 Å². The molecule has 1 amide bonds. The standard InChI is InChI=1S/C18H14N2O4/c1-24-17-11-13(20(22)23)9-10-16(17)19-18(21)15-8-4-6-12-5-2-3-7-14(12)15/h2-11H,1H3,(H,19,21). The molecule has 120 valence electrons. The first-order chi connectivity index (χ1) is 11.6. The second-order valence-electron chi connectivity index (χ2n) is 5.12. The highest BCUT2D eigenvalue weighted by atomic mass is 16.6. The Morgan fingerprint density at radius 3 is 2.58 bits per heavy atom. The number of hydrogen-bond donors (Lipinski definition) is 1. The van der Waals surface area contributed by atoms with Gasteiger partial charge in [-0.15, -0.1) is 0 Å². The van der Waals surface area contributed by atoms with Crippen LogP contribution in [0, 0.1) is 10.1 Å². The van der Waals surface area contributed by atoms with E-state index >= 15 is 0 Å². The van der Waals surface area contributed by atoms with Crippen molar-refractivity contribution < 1.29 is 14.5 Å². The second-order valence-corrected chi connectivity index (χ2v) is 5.12. The summed E-state index contributed by atoms with van der Waals surface area (Å²) in [6.45, 7) is 0. The zero-order valence-corrected chi connectivity index (χ0v) is 12.9. The van der Waals surface area contributed by atoms with Crippen LogP contribution in [0.2, 0.25) is 0 Å². The SMILES string of the molecule is COc1cc([N+](=O)[O-])ccc1NC(=O)c1cccc2ccccc12. The fraction of sp³-hybridized carbons (Fsp3) is 0.0556. The van der Waals surface area contributed by atoms with Gasteiger partial charge >= 0.3 is 0 Å². The Morgan fingerprint density at radius 2 is 1.83 bits per heavy atom. The van der Waals surface area contributed by atoms with E-state index in [1.807, 2.05) is 36.4 Å². The normalized spacial score (nSPS) is 10.4. The van der Waals surface area contributed by atoms with Gasteiger partial charge in [0.15, 0.2) is 0 Å². The molecular formula is C18H14N2O4. The second kappa shape index (κ2) is 6.37. The molecule has 24 heavy (non-hydrogen) atoms. The number of nitro groups is 1. The molecule has 3 aromatic rings. The van der Waals surface area contributed by atoms with Gasteiger partial charge in [0.05, 0.1) is 23.8 Å². The molecule has 0 aliphatic rings. The van der Waals surface area contributed by atoms with Crippen LogP contribution in [0.3, 0.4) is 0 Å². The van der Waals surface area contributed by atoms with E-state index < -0.39 is 4.92 Å². The summed E-state index contributed by atoms with van der Waals surface area (Å²) in [6.07, 6.45) is 0. The number of hydrogen-bond acceptors (Lipinski definition) is 4. The van der Waals surface area contributed by atoms with Crippen molar-refractivity contribution in [3.05, 3.63) is 76.3 Å². The number of nitrogens with zero attached hydrogens (tertiary/aromatic N) is 1. The average Bonchev–Trinajstić information content (AvgIpc) is 2.61. The van der Waals surface area contributed by atoms with E-state index in [1.54, 1.807) is 6.07 Å². The van der Waals surface area contributed by atoms with Crippen LogP contribution in [0.15, 0.2) is 60.7 Å². The molecule has 0 saturated heterocycles. The van der Waals surface area contributed by atoms with E-state index in [9.17, 15) is 14.9 Å². The molecule has 3 aromatic carbocycles. The Morgan fingerprint density at radius 1 is 1.08 bits per heavy atom. The van der Waals surface area contributed by atoms with Gasteiger partial charge in [0, 0.05) is 11.6 Å². The zero-order valence-electron chi connectivity index (χ0n) is 12.9. The third kappa shape index (κ3) is 2.89. The average molecular weight is 322 g/mol. The van der Waals surface area contributed by atoms with Crippen LogP contribution in [-0.2, 0) is 0 Å². The Labute approximate surface area is 137 Å². The molecule has 3 rings (SSSR count). The number of rotatable bonds is 4. The lowest BCUT2D eigenvalue weighted by Crippen LogP contribution is -2.13. The lowest BCUT2D eigenvalue weighted by atomic mass is 10.0. The topological polar surface area (TPSA) is 81.5 Å². The lowest BCUT2D eigenvalue weighted by Gasteiger charge is -2.11. The molecule has 0 bridgehead atoms. The fourth-order valence-corrected chi connectivity index (χ4v) is 2.51. The van der Waals surface area contributed by atoms with Gasteiger partial charge in [-0.3, -0.25) is 14.9 Å². The number of nitrogens with one attached hydrogen (secondary N) is 1. The third-order valence-corrected chi connectivity index (χ3v) is 3.68. The molecule has 6 nitrogen and oxygen atoms in total. The van der Waals surface area contributed by atoms with Crippen LogP contribution in [0.25, 0.3) is 10.8 Å². The number of anilines is 1. The van der Waals surface area contributed by atoms with Crippen molar-refractivity contribution >= 4 is 28.1 Å². The van der Waals surface area contributed by atoms with Crippen molar-refractivity contribution in [1.82, 2.24) is 0 Å². The minimum Gasteiger partial charge on any atom is -0.494 e. The molecule has 0 aromatic heterocycles. The van der Waals surface area contributed by atoms with Gasteiger partial charge in [0.25, 0.3) is 11.6 Å². The van der Waals surface area contributed by atoms with E-state index in [4.69, 9.17) is 4.74 Å².